The highest BCUT2D eigenvalue weighted by molar-refractivity contribution is 6.31. The first kappa shape index (κ1) is 23.8. The van der Waals surface area contributed by atoms with Crippen LogP contribution in [0.4, 0.5) is 5.82 Å². The molecule has 1 N–H and O–H groups in total. The van der Waals surface area contributed by atoms with Gasteiger partial charge in [0.05, 0.1) is 6.54 Å². The predicted molar refractivity (Wildman–Crippen MR) is 145 cm³/mol. The fourth-order valence-corrected chi connectivity index (χ4v) is 5.31. The van der Waals surface area contributed by atoms with E-state index in [0.29, 0.717) is 34.8 Å². The first-order valence-corrected chi connectivity index (χ1v) is 13.0. The van der Waals surface area contributed by atoms with Crippen LogP contribution in [-0.2, 0) is 20.1 Å². The average Bonchev–Trinajstić information content (AvgIpc) is 3.57. The minimum absolute atomic E-state index is 0.0330. The van der Waals surface area contributed by atoms with Crippen molar-refractivity contribution in [3.63, 3.8) is 0 Å². The monoisotopic (exact) mass is 512 g/mol. The zero-order chi connectivity index (χ0) is 25.7. The highest BCUT2D eigenvalue weighted by Crippen LogP contribution is 2.37. The summed E-state index contributed by atoms with van der Waals surface area (Å²) in [5.41, 5.74) is 6.49. The fraction of sp³-hybridized carbons (Fsp3) is 0.310. The number of nitrogens with one attached hydrogen (secondary N) is 1. The molecule has 1 unspecified atom stereocenters. The van der Waals surface area contributed by atoms with Gasteiger partial charge in [-0.15, -0.1) is 10.2 Å². The van der Waals surface area contributed by atoms with Gasteiger partial charge in [0.1, 0.15) is 12.1 Å². The second-order valence-corrected chi connectivity index (χ2v) is 10.6. The minimum atomic E-state index is -0.0330. The molecule has 4 aromatic rings. The molecule has 2 aromatic carbocycles. The van der Waals surface area contributed by atoms with Crippen molar-refractivity contribution in [2.24, 2.45) is 13.0 Å². The Bertz CT molecular complexity index is 1510. The summed E-state index contributed by atoms with van der Waals surface area (Å²) < 4.78 is 1.86. The van der Waals surface area contributed by atoms with E-state index in [9.17, 15) is 4.79 Å². The van der Waals surface area contributed by atoms with Gasteiger partial charge in [-0.25, -0.2) is 4.98 Å². The molecule has 1 aliphatic heterocycles. The van der Waals surface area contributed by atoms with E-state index in [2.05, 4.69) is 34.6 Å². The summed E-state index contributed by atoms with van der Waals surface area (Å²) in [6.07, 6.45) is 4.29. The van der Waals surface area contributed by atoms with Crippen molar-refractivity contribution in [2.45, 2.75) is 45.8 Å². The fourth-order valence-electron chi connectivity index (χ4n) is 5.14. The summed E-state index contributed by atoms with van der Waals surface area (Å²) in [5.74, 6) is 2.17. The number of hydrogen-bond donors (Lipinski definition) is 1. The van der Waals surface area contributed by atoms with Crippen LogP contribution in [0, 0.1) is 12.8 Å². The Morgan fingerprint density at radius 1 is 1.08 bits per heavy atom. The lowest BCUT2D eigenvalue weighted by Gasteiger charge is -2.18. The number of carbonyl (C=O) groups is 1. The molecule has 1 atom stereocenters. The van der Waals surface area contributed by atoms with E-state index in [0.717, 1.165) is 46.0 Å². The van der Waals surface area contributed by atoms with E-state index in [4.69, 9.17) is 16.6 Å². The van der Waals surface area contributed by atoms with E-state index in [-0.39, 0.29) is 5.91 Å². The van der Waals surface area contributed by atoms with E-state index in [1.807, 2.05) is 54.9 Å². The lowest BCUT2D eigenvalue weighted by Crippen LogP contribution is -2.28. The summed E-state index contributed by atoms with van der Waals surface area (Å²) in [4.78, 5) is 20.1. The molecule has 37 heavy (non-hydrogen) atoms. The van der Waals surface area contributed by atoms with Gasteiger partial charge >= 0.3 is 0 Å². The number of amides is 1. The number of anilines is 1. The highest BCUT2D eigenvalue weighted by Gasteiger charge is 2.31. The van der Waals surface area contributed by atoms with Crippen molar-refractivity contribution >= 4 is 23.3 Å². The molecule has 6 rings (SSSR count). The third-order valence-corrected chi connectivity index (χ3v) is 7.63. The lowest BCUT2D eigenvalue weighted by atomic mass is 9.96. The first-order chi connectivity index (χ1) is 17.9. The van der Waals surface area contributed by atoms with E-state index >= 15 is 0 Å². The molecule has 0 spiro atoms. The smallest absolute Gasteiger partial charge is 0.260 e. The molecular weight excluding hydrogens is 484 g/mol. The number of aryl methyl sites for hydroxylation is 2. The summed E-state index contributed by atoms with van der Waals surface area (Å²) in [5, 5.41) is 12.5. The second-order valence-electron chi connectivity index (χ2n) is 10.2. The number of aromatic nitrogens is 4. The Kier molecular flexibility index (Phi) is 6.05. The zero-order valence-corrected chi connectivity index (χ0v) is 22.0. The molecule has 3 heterocycles. The number of halogens is 1. The molecule has 8 heteroatoms. The Balaban J connectivity index is 1.30. The Morgan fingerprint density at radius 3 is 2.68 bits per heavy atom. The van der Waals surface area contributed by atoms with Crippen LogP contribution in [0.15, 0.2) is 54.9 Å². The van der Waals surface area contributed by atoms with Gasteiger partial charge in [-0.2, -0.15) is 0 Å². The van der Waals surface area contributed by atoms with E-state index < -0.39 is 0 Å². The van der Waals surface area contributed by atoms with Crippen LogP contribution in [0.25, 0.3) is 22.5 Å². The van der Waals surface area contributed by atoms with Crippen LogP contribution < -0.4 is 10.2 Å². The van der Waals surface area contributed by atoms with Gasteiger partial charge < -0.3 is 9.88 Å². The van der Waals surface area contributed by atoms with Gasteiger partial charge in [0.15, 0.2) is 5.82 Å². The number of carbonyl (C=O) groups excluding carboxylic acids is 1. The van der Waals surface area contributed by atoms with E-state index in [1.54, 1.807) is 11.2 Å². The molecule has 0 bridgehead atoms. The topological polar surface area (TPSA) is 75.9 Å². The second kappa shape index (κ2) is 9.39. The molecule has 2 aromatic heterocycles. The van der Waals surface area contributed by atoms with E-state index in [1.165, 1.54) is 12.8 Å². The largest absolute Gasteiger partial charge is 0.317 e. The molecule has 7 nitrogen and oxygen atoms in total. The molecule has 1 amide bonds. The van der Waals surface area contributed by atoms with Crippen LogP contribution >= 0.6 is 11.6 Å². The molecular formula is C29H29ClN6O. The van der Waals surface area contributed by atoms with Crippen molar-refractivity contribution in [1.29, 1.82) is 0 Å². The Hall–Kier alpha value is -3.55. The van der Waals surface area contributed by atoms with Crippen LogP contribution in [0.2, 0.25) is 5.02 Å². The number of hydrogen-bond acceptors (Lipinski definition) is 5. The molecule has 188 valence electrons. The summed E-state index contributed by atoms with van der Waals surface area (Å²) in [7, 11) is 1.90. The maximum atomic E-state index is 13.6. The van der Waals surface area contributed by atoms with Crippen molar-refractivity contribution in [3.05, 3.63) is 82.3 Å². The molecule has 0 radical (unpaired) electrons. The molecule has 2 aliphatic rings. The number of pyridine rings is 1. The quantitative estimate of drug-likeness (QED) is 0.351. The lowest BCUT2D eigenvalue weighted by molar-refractivity contribution is 0.0996. The Labute approximate surface area is 221 Å². The van der Waals surface area contributed by atoms with Gasteiger partial charge in [-0.05, 0) is 85.2 Å². The molecule has 0 saturated heterocycles. The van der Waals surface area contributed by atoms with Crippen molar-refractivity contribution in [2.75, 3.05) is 4.90 Å². The predicted octanol–water partition coefficient (Wildman–Crippen LogP) is 5.55. The molecule has 1 saturated carbocycles. The van der Waals surface area contributed by atoms with Crippen LogP contribution in [0.5, 0.6) is 0 Å². The normalized spacial score (nSPS) is 15.8. The van der Waals surface area contributed by atoms with Crippen LogP contribution in [0.3, 0.4) is 0 Å². The third-order valence-electron chi connectivity index (χ3n) is 7.39. The van der Waals surface area contributed by atoms with Crippen LogP contribution in [0.1, 0.15) is 46.9 Å². The number of rotatable bonds is 7. The average molecular weight is 513 g/mol. The van der Waals surface area contributed by atoms with Crippen molar-refractivity contribution in [1.82, 2.24) is 25.1 Å². The highest BCUT2D eigenvalue weighted by atomic mass is 35.5. The minimum Gasteiger partial charge on any atom is -0.317 e. The number of fused-ring (bicyclic) bond motifs is 1. The maximum Gasteiger partial charge on any atom is 0.260 e. The van der Waals surface area contributed by atoms with Crippen molar-refractivity contribution in [3.8, 4) is 22.5 Å². The van der Waals surface area contributed by atoms with Gasteiger partial charge in [0.2, 0.25) is 0 Å². The first-order valence-electron chi connectivity index (χ1n) is 12.7. The summed E-state index contributed by atoms with van der Waals surface area (Å²) in [6, 6.07) is 16.4. The van der Waals surface area contributed by atoms with Gasteiger partial charge in [0, 0.05) is 41.5 Å². The number of nitrogens with zero attached hydrogens (tertiary/aromatic N) is 5. The van der Waals surface area contributed by atoms with Gasteiger partial charge in [0.25, 0.3) is 5.91 Å². The van der Waals surface area contributed by atoms with Crippen molar-refractivity contribution < 1.29 is 4.79 Å². The summed E-state index contributed by atoms with van der Waals surface area (Å²) >= 11 is 6.33. The van der Waals surface area contributed by atoms with Gasteiger partial charge in [-0.1, -0.05) is 29.8 Å². The molecule has 1 fully saturated rings. The molecule has 1 aliphatic carbocycles. The standard InChI is InChI=1S/C29H29ClN6O/c1-17-10-19(14-31-18(2)20-4-5-20)11-27(33-17)36-15-22-7-6-21(12-25(22)29(36)37)24-9-8-23(30)13-26(24)28-34-32-16-35(28)3/h6-13,16,18,20,31H,4-5,14-15H2,1-3H3. The zero-order valence-electron chi connectivity index (χ0n) is 21.2. The maximum absolute atomic E-state index is 13.6. The Morgan fingerprint density at radius 2 is 1.92 bits per heavy atom. The van der Waals surface area contributed by atoms with Gasteiger partial charge in [-0.3, -0.25) is 9.69 Å². The third kappa shape index (κ3) is 4.65. The van der Waals surface area contributed by atoms with Crippen LogP contribution in [-0.4, -0.2) is 31.7 Å². The SMILES string of the molecule is Cc1cc(CNC(C)C2CC2)cc(N2Cc3ccc(-c4ccc(Cl)cc4-c4nncn4C)cc3C2=O)n1. The summed E-state index contributed by atoms with van der Waals surface area (Å²) in [6.45, 7) is 5.51. The number of benzene rings is 2.